The quantitative estimate of drug-likeness (QED) is 0.811. The minimum Gasteiger partial charge on any atom is -0.398 e. The third kappa shape index (κ3) is 3.53. The molecule has 5 heteroatoms. The molecule has 0 unspecified atom stereocenters. The molecule has 0 aromatic heterocycles. The summed E-state index contributed by atoms with van der Waals surface area (Å²) in [7, 11) is 1.77. The fourth-order valence-corrected chi connectivity index (χ4v) is 1.54. The van der Waals surface area contributed by atoms with Gasteiger partial charge in [0.15, 0.2) is 0 Å². The number of likely N-dealkylation sites (N-methyl/N-ethyl adjacent to an activating group) is 1. The van der Waals surface area contributed by atoms with Crippen molar-refractivity contribution in [3.8, 4) is 0 Å². The Labute approximate surface area is 107 Å². The summed E-state index contributed by atoms with van der Waals surface area (Å²) in [6.07, 6.45) is 0. The van der Waals surface area contributed by atoms with Gasteiger partial charge in [0.25, 0.3) is 0 Å². The molecule has 1 aromatic carbocycles. The van der Waals surface area contributed by atoms with E-state index >= 15 is 0 Å². The van der Waals surface area contributed by atoms with Crippen LogP contribution < -0.4 is 11.1 Å². The van der Waals surface area contributed by atoms with E-state index in [9.17, 15) is 4.79 Å². The topological polar surface area (TPSA) is 58.4 Å². The monoisotopic (exact) mass is 255 g/mol. The number of carbonyl (C=O) groups is 1. The molecule has 4 nitrogen and oxygen atoms in total. The molecule has 1 amide bonds. The standard InChI is InChI=1S/C12H18ClN3O/c1-4-16(3)12(17)7-15-11-6-9(13)10(14)5-8(11)2/h5-6,15H,4,7,14H2,1-3H3. The number of carbonyl (C=O) groups excluding carboxylic acids is 1. The molecule has 0 heterocycles. The smallest absolute Gasteiger partial charge is 0.241 e. The molecule has 0 aliphatic heterocycles. The maximum absolute atomic E-state index is 11.6. The Morgan fingerprint density at radius 1 is 1.53 bits per heavy atom. The van der Waals surface area contributed by atoms with Crippen LogP contribution in [0.25, 0.3) is 0 Å². The summed E-state index contributed by atoms with van der Waals surface area (Å²) in [5.74, 6) is 0.0415. The lowest BCUT2D eigenvalue weighted by atomic mass is 10.2. The molecule has 0 radical (unpaired) electrons. The summed E-state index contributed by atoms with van der Waals surface area (Å²) in [6, 6.07) is 3.53. The van der Waals surface area contributed by atoms with Crippen molar-refractivity contribution in [1.82, 2.24) is 4.90 Å². The highest BCUT2D eigenvalue weighted by molar-refractivity contribution is 6.33. The van der Waals surface area contributed by atoms with E-state index in [1.54, 1.807) is 24.1 Å². The van der Waals surface area contributed by atoms with Crippen LogP contribution in [0.5, 0.6) is 0 Å². The van der Waals surface area contributed by atoms with Gasteiger partial charge in [-0.3, -0.25) is 4.79 Å². The zero-order valence-electron chi connectivity index (χ0n) is 10.4. The van der Waals surface area contributed by atoms with Crippen LogP contribution in [0.2, 0.25) is 5.02 Å². The summed E-state index contributed by atoms with van der Waals surface area (Å²) in [5.41, 5.74) is 8.03. The normalized spacial score (nSPS) is 10.1. The molecular formula is C12H18ClN3O. The van der Waals surface area contributed by atoms with Crippen molar-refractivity contribution in [3.63, 3.8) is 0 Å². The second-order valence-corrected chi connectivity index (χ2v) is 4.36. The number of amides is 1. The van der Waals surface area contributed by atoms with Crippen LogP contribution >= 0.6 is 11.6 Å². The first kappa shape index (κ1) is 13.6. The molecule has 17 heavy (non-hydrogen) atoms. The molecule has 0 bridgehead atoms. The van der Waals surface area contributed by atoms with Crippen molar-refractivity contribution in [1.29, 1.82) is 0 Å². The Morgan fingerprint density at radius 3 is 2.76 bits per heavy atom. The van der Waals surface area contributed by atoms with E-state index in [1.807, 2.05) is 13.8 Å². The zero-order valence-corrected chi connectivity index (χ0v) is 11.1. The summed E-state index contributed by atoms with van der Waals surface area (Å²) in [5, 5.41) is 3.56. The number of hydrogen-bond acceptors (Lipinski definition) is 3. The van der Waals surface area contributed by atoms with Gasteiger partial charge in [0.05, 0.1) is 17.3 Å². The number of halogens is 1. The SMILES string of the molecule is CCN(C)C(=O)CNc1cc(Cl)c(N)cc1C. The van der Waals surface area contributed by atoms with Crippen LogP contribution in [0.1, 0.15) is 12.5 Å². The Hall–Kier alpha value is -1.42. The van der Waals surface area contributed by atoms with Gasteiger partial charge in [-0.15, -0.1) is 0 Å². The molecule has 0 spiro atoms. The Balaban J connectivity index is 2.70. The molecule has 0 saturated carbocycles. The van der Waals surface area contributed by atoms with Crippen molar-refractivity contribution < 1.29 is 4.79 Å². The number of anilines is 2. The third-order valence-corrected chi connectivity index (χ3v) is 3.00. The fraction of sp³-hybridized carbons (Fsp3) is 0.417. The van der Waals surface area contributed by atoms with Crippen LogP contribution in [0.4, 0.5) is 11.4 Å². The first-order valence-electron chi connectivity index (χ1n) is 5.49. The first-order valence-corrected chi connectivity index (χ1v) is 5.87. The number of nitrogens with zero attached hydrogens (tertiary/aromatic N) is 1. The number of hydrogen-bond donors (Lipinski definition) is 2. The predicted molar refractivity (Wildman–Crippen MR) is 72.4 cm³/mol. The second kappa shape index (κ2) is 5.77. The van der Waals surface area contributed by atoms with Gasteiger partial charge in [-0.1, -0.05) is 11.6 Å². The van der Waals surface area contributed by atoms with Gasteiger partial charge in [0.1, 0.15) is 0 Å². The van der Waals surface area contributed by atoms with Gasteiger partial charge >= 0.3 is 0 Å². The molecule has 94 valence electrons. The highest BCUT2D eigenvalue weighted by Gasteiger charge is 2.08. The molecule has 0 atom stereocenters. The Morgan fingerprint density at radius 2 is 2.18 bits per heavy atom. The molecule has 1 aromatic rings. The number of aryl methyl sites for hydroxylation is 1. The van der Waals surface area contributed by atoms with Crippen molar-refractivity contribution in [2.75, 3.05) is 31.2 Å². The summed E-state index contributed by atoms with van der Waals surface area (Å²) < 4.78 is 0. The largest absolute Gasteiger partial charge is 0.398 e. The summed E-state index contributed by atoms with van der Waals surface area (Å²) >= 11 is 5.93. The average Bonchev–Trinajstić information content (AvgIpc) is 2.30. The van der Waals surface area contributed by atoms with Crippen LogP contribution in [-0.2, 0) is 4.79 Å². The van der Waals surface area contributed by atoms with Crippen molar-refractivity contribution in [2.45, 2.75) is 13.8 Å². The van der Waals surface area contributed by atoms with Gasteiger partial charge < -0.3 is 16.0 Å². The van der Waals surface area contributed by atoms with Crippen LogP contribution in [-0.4, -0.2) is 30.9 Å². The minimum atomic E-state index is 0.0415. The average molecular weight is 256 g/mol. The number of nitrogens with one attached hydrogen (secondary N) is 1. The molecule has 0 fully saturated rings. The fourth-order valence-electron chi connectivity index (χ4n) is 1.38. The van der Waals surface area contributed by atoms with E-state index in [0.717, 1.165) is 11.3 Å². The van der Waals surface area contributed by atoms with E-state index in [0.29, 0.717) is 17.3 Å². The van der Waals surface area contributed by atoms with Gasteiger partial charge in [-0.25, -0.2) is 0 Å². The van der Waals surface area contributed by atoms with E-state index in [-0.39, 0.29) is 12.5 Å². The lowest BCUT2D eigenvalue weighted by Crippen LogP contribution is -2.32. The van der Waals surface area contributed by atoms with Crippen molar-refractivity contribution in [2.24, 2.45) is 0 Å². The number of rotatable bonds is 4. The third-order valence-electron chi connectivity index (χ3n) is 2.67. The maximum atomic E-state index is 11.6. The van der Waals surface area contributed by atoms with Crippen molar-refractivity contribution >= 4 is 28.9 Å². The van der Waals surface area contributed by atoms with E-state index in [1.165, 1.54) is 0 Å². The highest BCUT2D eigenvalue weighted by atomic mass is 35.5. The molecular weight excluding hydrogens is 238 g/mol. The minimum absolute atomic E-state index is 0.0415. The molecule has 0 saturated heterocycles. The van der Waals surface area contributed by atoms with E-state index < -0.39 is 0 Å². The summed E-state index contributed by atoms with van der Waals surface area (Å²) in [4.78, 5) is 13.3. The summed E-state index contributed by atoms with van der Waals surface area (Å²) in [6.45, 7) is 4.81. The van der Waals surface area contributed by atoms with Gasteiger partial charge in [-0.2, -0.15) is 0 Å². The number of benzene rings is 1. The lowest BCUT2D eigenvalue weighted by Gasteiger charge is -2.16. The second-order valence-electron chi connectivity index (χ2n) is 3.95. The Kier molecular flexibility index (Phi) is 4.63. The van der Waals surface area contributed by atoms with Crippen LogP contribution in [0.15, 0.2) is 12.1 Å². The molecule has 1 rings (SSSR count). The first-order chi connectivity index (χ1) is 7.95. The van der Waals surface area contributed by atoms with E-state index in [4.69, 9.17) is 17.3 Å². The molecule has 3 N–H and O–H groups in total. The maximum Gasteiger partial charge on any atom is 0.241 e. The molecule has 0 aliphatic rings. The zero-order chi connectivity index (χ0) is 13.0. The Bertz CT molecular complexity index is 420. The van der Waals surface area contributed by atoms with Gasteiger partial charge in [-0.05, 0) is 31.5 Å². The molecule has 0 aliphatic carbocycles. The van der Waals surface area contributed by atoms with Crippen LogP contribution in [0, 0.1) is 6.92 Å². The van der Waals surface area contributed by atoms with Crippen molar-refractivity contribution in [3.05, 3.63) is 22.7 Å². The van der Waals surface area contributed by atoms with Gasteiger partial charge in [0.2, 0.25) is 5.91 Å². The van der Waals surface area contributed by atoms with E-state index in [2.05, 4.69) is 5.32 Å². The number of nitrogen functional groups attached to an aromatic ring is 1. The number of nitrogens with two attached hydrogens (primary N) is 1. The lowest BCUT2D eigenvalue weighted by molar-refractivity contribution is -0.127. The van der Waals surface area contributed by atoms with Crippen LogP contribution in [0.3, 0.4) is 0 Å². The predicted octanol–water partition coefficient (Wildman–Crippen LogP) is 2.12. The van der Waals surface area contributed by atoms with Gasteiger partial charge in [0, 0.05) is 19.3 Å². The highest BCUT2D eigenvalue weighted by Crippen LogP contribution is 2.26.